The summed E-state index contributed by atoms with van der Waals surface area (Å²) < 4.78 is 5.81. The Morgan fingerprint density at radius 3 is 2.47 bits per heavy atom. The lowest BCUT2D eigenvalue weighted by Crippen LogP contribution is -2.38. The van der Waals surface area contributed by atoms with Crippen molar-refractivity contribution < 1.29 is 4.74 Å². The predicted molar refractivity (Wildman–Crippen MR) is 65.1 cm³/mol. The van der Waals surface area contributed by atoms with Crippen molar-refractivity contribution in [1.29, 1.82) is 0 Å². The van der Waals surface area contributed by atoms with E-state index in [1.54, 1.807) is 0 Å². The number of nitrogens with one attached hydrogen (secondary N) is 1. The van der Waals surface area contributed by atoms with Gasteiger partial charge in [0.2, 0.25) is 0 Å². The van der Waals surface area contributed by atoms with Gasteiger partial charge in [-0.05, 0) is 38.6 Å². The second-order valence-electron chi connectivity index (χ2n) is 4.70. The van der Waals surface area contributed by atoms with Crippen molar-refractivity contribution in [2.75, 3.05) is 13.7 Å². The lowest BCUT2D eigenvalue weighted by Gasteiger charge is -2.31. The molecule has 2 atom stereocenters. The van der Waals surface area contributed by atoms with E-state index in [2.05, 4.69) is 26.2 Å². The predicted octanol–water partition coefficient (Wildman–Crippen LogP) is 2.97. The van der Waals surface area contributed by atoms with Crippen LogP contribution in [-0.4, -0.2) is 25.8 Å². The molecule has 1 N–H and O–H groups in total. The molecule has 0 aliphatic carbocycles. The van der Waals surface area contributed by atoms with Gasteiger partial charge in [-0.3, -0.25) is 0 Å². The fourth-order valence-corrected chi connectivity index (χ4v) is 2.68. The standard InChI is InChI=1S/C13H27NO/c1-4-11(5-2)13(14-3)10-12-8-6-7-9-15-12/h11-14H,4-10H2,1-3H3. The van der Waals surface area contributed by atoms with Crippen molar-refractivity contribution in [3.8, 4) is 0 Å². The number of hydrogen-bond acceptors (Lipinski definition) is 2. The number of rotatable bonds is 6. The van der Waals surface area contributed by atoms with E-state index in [4.69, 9.17) is 4.74 Å². The minimum atomic E-state index is 0.511. The summed E-state index contributed by atoms with van der Waals surface area (Å²) in [6.45, 7) is 5.56. The first-order chi connectivity index (χ1) is 7.31. The highest BCUT2D eigenvalue weighted by atomic mass is 16.5. The number of hydrogen-bond donors (Lipinski definition) is 1. The third-order valence-electron chi connectivity index (χ3n) is 3.78. The van der Waals surface area contributed by atoms with Crippen LogP contribution in [0, 0.1) is 5.92 Å². The molecule has 0 amide bonds. The molecule has 0 aromatic carbocycles. The Labute approximate surface area is 94.8 Å². The van der Waals surface area contributed by atoms with E-state index in [1.807, 2.05) is 0 Å². The Morgan fingerprint density at radius 2 is 2.00 bits per heavy atom. The second kappa shape index (κ2) is 7.24. The average Bonchev–Trinajstić information content (AvgIpc) is 2.30. The lowest BCUT2D eigenvalue weighted by molar-refractivity contribution is 0.00135. The molecule has 0 saturated carbocycles. The highest BCUT2D eigenvalue weighted by Crippen LogP contribution is 2.22. The van der Waals surface area contributed by atoms with Gasteiger partial charge in [0, 0.05) is 12.6 Å². The summed E-state index contributed by atoms with van der Waals surface area (Å²) >= 11 is 0. The fourth-order valence-electron chi connectivity index (χ4n) is 2.68. The molecule has 0 bridgehead atoms. The molecule has 90 valence electrons. The first-order valence-corrected chi connectivity index (χ1v) is 6.60. The van der Waals surface area contributed by atoms with Gasteiger partial charge in [-0.2, -0.15) is 0 Å². The molecule has 0 aromatic heterocycles. The SMILES string of the molecule is CCC(CC)C(CC1CCCCO1)NC. The summed E-state index contributed by atoms with van der Waals surface area (Å²) in [5.74, 6) is 0.806. The molecule has 1 aliphatic rings. The molecule has 0 radical (unpaired) electrons. The molecule has 1 fully saturated rings. The van der Waals surface area contributed by atoms with Crippen LogP contribution in [0.1, 0.15) is 52.4 Å². The molecule has 1 aliphatic heterocycles. The Balaban J connectivity index is 2.36. The third kappa shape index (κ3) is 4.12. The zero-order chi connectivity index (χ0) is 11.1. The fraction of sp³-hybridized carbons (Fsp3) is 1.00. The van der Waals surface area contributed by atoms with Gasteiger partial charge < -0.3 is 10.1 Å². The molecule has 2 nitrogen and oxygen atoms in total. The normalized spacial score (nSPS) is 24.4. The van der Waals surface area contributed by atoms with E-state index >= 15 is 0 Å². The summed E-state index contributed by atoms with van der Waals surface area (Å²) in [6.07, 6.45) is 8.12. The van der Waals surface area contributed by atoms with Crippen molar-refractivity contribution in [2.45, 2.75) is 64.5 Å². The van der Waals surface area contributed by atoms with Crippen LogP contribution < -0.4 is 5.32 Å². The van der Waals surface area contributed by atoms with Crippen LogP contribution >= 0.6 is 0 Å². The van der Waals surface area contributed by atoms with E-state index in [9.17, 15) is 0 Å². The molecule has 0 aromatic rings. The first-order valence-electron chi connectivity index (χ1n) is 6.60. The maximum absolute atomic E-state index is 5.81. The Morgan fingerprint density at radius 1 is 1.27 bits per heavy atom. The van der Waals surface area contributed by atoms with Crippen LogP contribution in [0.5, 0.6) is 0 Å². The van der Waals surface area contributed by atoms with E-state index in [0.29, 0.717) is 12.1 Å². The quantitative estimate of drug-likeness (QED) is 0.732. The topological polar surface area (TPSA) is 21.3 Å². The van der Waals surface area contributed by atoms with Crippen molar-refractivity contribution in [2.24, 2.45) is 5.92 Å². The first kappa shape index (κ1) is 13.0. The smallest absolute Gasteiger partial charge is 0.0590 e. The number of ether oxygens (including phenoxy) is 1. The van der Waals surface area contributed by atoms with Gasteiger partial charge in [-0.15, -0.1) is 0 Å². The van der Waals surface area contributed by atoms with E-state index in [0.717, 1.165) is 12.5 Å². The van der Waals surface area contributed by atoms with Gasteiger partial charge in [0.05, 0.1) is 6.10 Å². The molecule has 0 spiro atoms. The summed E-state index contributed by atoms with van der Waals surface area (Å²) in [7, 11) is 2.09. The maximum Gasteiger partial charge on any atom is 0.0590 e. The third-order valence-corrected chi connectivity index (χ3v) is 3.78. The van der Waals surface area contributed by atoms with Crippen molar-refractivity contribution in [3.05, 3.63) is 0 Å². The van der Waals surface area contributed by atoms with Gasteiger partial charge >= 0.3 is 0 Å². The van der Waals surface area contributed by atoms with Crippen LogP contribution in [0.2, 0.25) is 0 Å². The zero-order valence-corrected chi connectivity index (χ0v) is 10.6. The van der Waals surface area contributed by atoms with Crippen LogP contribution in [-0.2, 0) is 4.74 Å². The van der Waals surface area contributed by atoms with E-state index < -0.39 is 0 Å². The monoisotopic (exact) mass is 213 g/mol. The van der Waals surface area contributed by atoms with Crippen LogP contribution in [0.15, 0.2) is 0 Å². The molecule has 1 rings (SSSR count). The second-order valence-corrected chi connectivity index (χ2v) is 4.70. The van der Waals surface area contributed by atoms with Crippen LogP contribution in [0.3, 0.4) is 0 Å². The molecular formula is C13H27NO. The molecule has 15 heavy (non-hydrogen) atoms. The van der Waals surface area contributed by atoms with E-state index in [-0.39, 0.29) is 0 Å². The zero-order valence-electron chi connectivity index (χ0n) is 10.6. The summed E-state index contributed by atoms with van der Waals surface area (Å²) in [6, 6.07) is 0.642. The summed E-state index contributed by atoms with van der Waals surface area (Å²) in [5, 5.41) is 3.47. The Bertz CT molecular complexity index is 151. The van der Waals surface area contributed by atoms with Crippen LogP contribution in [0.25, 0.3) is 0 Å². The molecular weight excluding hydrogens is 186 g/mol. The minimum Gasteiger partial charge on any atom is -0.378 e. The van der Waals surface area contributed by atoms with E-state index in [1.165, 1.54) is 38.5 Å². The average molecular weight is 213 g/mol. The molecule has 1 heterocycles. The largest absolute Gasteiger partial charge is 0.378 e. The van der Waals surface area contributed by atoms with Gasteiger partial charge in [-0.1, -0.05) is 26.7 Å². The summed E-state index contributed by atoms with van der Waals surface area (Å²) in [5.41, 5.74) is 0. The van der Waals surface area contributed by atoms with Crippen molar-refractivity contribution in [3.63, 3.8) is 0 Å². The molecule has 2 heteroatoms. The van der Waals surface area contributed by atoms with Crippen molar-refractivity contribution in [1.82, 2.24) is 5.32 Å². The lowest BCUT2D eigenvalue weighted by atomic mass is 9.88. The highest BCUT2D eigenvalue weighted by molar-refractivity contribution is 4.78. The Kier molecular flexibility index (Phi) is 6.26. The van der Waals surface area contributed by atoms with Crippen LogP contribution in [0.4, 0.5) is 0 Å². The summed E-state index contributed by atoms with van der Waals surface area (Å²) in [4.78, 5) is 0. The van der Waals surface area contributed by atoms with Gasteiger partial charge in [0.1, 0.15) is 0 Å². The van der Waals surface area contributed by atoms with Crippen molar-refractivity contribution >= 4 is 0 Å². The Hall–Kier alpha value is -0.0800. The maximum atomic E-state index is 5.81. The van der Waals surface area contributed by atoms with Gasteiger partial charge in [0.15, 0.2) is 0 Å². The highest BCUT2D eigenvalue weighted by Gasteiger charge is 2.23. The molecule has 1 saturated heterocycles. The minimum absolute atomic E-state index is 0.511. The van der Waals surface area contributed by atoms with Gasteiger partial charge in [0.25, 0.3) is 0 Å². The van der Waals surface area contributed by atoms with Gasteiger partial charge in [-0.25, -0.2) is 0 Å². The molecule has 2 unspecified atom stereocenters.